The Labute approximate surface area is 57.3 Å². The molecular weight excluding hydrogens is 113 g/mol. The highest BCUT2D eigenvalue weighted by Crippen LogP contribution is 2.13. The fraction of sp³-hybridized carbons (Fsp3) is 1.00. The summed E-state index contributed by atoms with van der Waals surface area (Å²) in [7, 11) is 2.13. The highest BCUT2D eigenvalue weighted by atomic mass is 16.3. The Morgan fingerprint density at radius 3 is 2.44 bits per heavy atom. The summed E-state index contributed by atoms with van der Waals surface area (Å²) in [5, 5.41) is 8.76. The van der Waals surface area contributed by atoms with Gasteiger partial charge in [0.25, 0.3) is 0 Å². The molecule has 1 aliphatic heterocycles. The quantitative estimate of drug-likeness (QED) is 0.468. The largest absolute Gasteiger partial charge is 0.396 e. The lowest BCUT2D eigenvalue weighted by Gasteiger charge is -2.27. The molecular formula is C6H14BNO. The van der Waals surface area contributed by atoms with Gasteiger partial charge in [-0.25, -0.2) is 0 Å². The van der Waals surface area contributed by atoms with Gasteiger partial charge in [0.15, 0.2) is 7.98 Å². The molecule has 0 unspecified atom stereocenters. The lowest BCUT2D eigenvalue weighted by atomic mass is 9.96. The van der Waals surface area contributed by atoms with Crippen LogP contribution in [0, 0.1) is 5.92 Å². The Kier molecular flexibility index (Phi) is 2.55. The second-order valence-electron chi connectivity index (χ2n) is 2.93. The highest BCUT2D eigenvalue weighted by molar-refractivity contribution is 6.04. The number of aliphatic hydroxyl groups excluding tert-OH is 1. The predicted octanol–water partition coefficient (Wildman–Crippen LogP) is -0.761. The zero-order valence-electron chi connectivity index (χ0n) is 6.01. The van der Waals surface area contributed by atoms with Crippen LogP contribution < -0.4 is 0 Å². The van der Waals surface area contributed by atoms with E-state index >= 15 is 0 Å². The van der Waals surface area contributed by atoms with Crippen molar-refractivity contribution in [2.45, 2.75) is 12.8 Å². The molecule has 1 rings (SSSR count). The number of hydrogen-bond acceptors (Lipinski definition) is 2. The second kappa shape index (κ2) is 3.23. The van der Waals surface area contributed by atoms with Gasteiger partial charge < -0.3 is 9.92 Å². The molecule has 0 radical (unpaired) electrons. The van der Waals surface area contributed by atoms with Crippen molar-refractivity contribution in [2.75, 3.05) is 19.7 Å². The summed E-state index contributed by atoms with van der Waals surface area (Å²) in [6.07, 6.45) is 2.35. The van der Waals surface area contributed by atoms with Gasteiger partial charge >= 0.3 is 0 Å². The summed E-state index contributed by atoms with van der Waals surface area (Å²) >= 11 is 0. The molecule has 0 saturated carbocycles. The van der Waals surface area contributed by atoms with E-state index in [-0.39, 0.29) is 0 Å². The van der Waals surface area contributed by atoms with Gasteiger partial charge in [0.05, 0.1) is 0 Å². The minimum Gasteiger partial charge on any atom is -0.396 e. The van der Waals surface area contributed by atoms with Gasteiger partial charge in [-0.1, -0.05) is 0 Å². The molecule has 0 aliphatic carbocycles. The fourth-order valence-electron chi connectivity index (χ4n) is 1.24. The molecule has 1 heterocycles. The Morgan fingerprint density at radius 2 is 2.00 bits per heavy atom. The maximum atomic E-state index is 8.76. The zero-order valence-corrected chi connectivity index (χ0v) is 6.01. The number of aliphatic hydroxyl groups is 1. The molecule has 3 heteroatoms. The molecule has 0 amide bonds. The zero-order chi connectivity index (χ0) is 6.69. The van der Waals surface area contributed by atoms with Crippen LogP contribution in [0.5, 0.6) is 0 Å². The molecule has 2 nitrogen and oxygen atoms in total. The van der Waals surface area contributed by atoms with Crippen LogP contribution in [0.2, 0.25) is 0 Å². The summed E-state index contributed by atoms with van der Waals surface area (Å²) in [6.45, 7) is 2.70. The number of hydrogen-bond donors (Lipinski definition) is 1. The average molecular weight is 127 g/mol. The van der Waals surface area contributed by atoms with Crippen molar-refractivity contribution in [1.82, 2.24) is 4.81 Å². The summed E-state index contributed by atoms with van der Waals surface area (Å²) < 4.78 is 0. The third-order valence-electron chi connectivity index (χ3n) is 2.10. The van der Waals surface area contributed by atoms with E-state index in [1.54, 1.807) is 0 Å². The first-order valence-corrected chi connectivity index (χ1v) is 3.62. The Balaban J connectivity index is 2.18. The van der Waals surface area contributed by atoms with Gasteiger partial charge in [-0.15, -0.1) is 0 Å². The Hall–Kier alpha value is -0.0151. The van der Waals surface area contributed by atoms with Crippen LogP contribution in [0.3, 0.4) is 0 Å². The minimum absolute atomic E-state index is 0.383. The summed E-state index contributed by atoms with van der Waals surface area (Å²) in [5.74, 6) is 0.584. The minimum atomic E-state index is 0.383. The normalized spacial score (nSPS) is 24.6. The lowest BCUT2D eigenvalue weighted by Crippen LogP contribution is -2.32. The molecule has 1 aliphatic rings. The third kappa shape index (κ3) is 1.99. The molecule has 9 heavy (non-hydrogen) atoms. The molecule has 0 aromatic carbocycles. The van der Waals surface area contributed by atoms with Crippen molar-refractivity contribution < 1.29 is 5.11 Å². The third-order valence-corrected chi connectivity index (χ3v) is 2.10. The van der Waals surface area contributed by atoms with Gasteiger partial charge in [-0.05, 0) is 31.8 Å². The van der Waals surface area contributed by atoms with Crippen molar-refractivity contribution in [3.8, 4) is 0 Å². The van der Waals surface area contributed by atoms with Crippen molar-refractivity contribution in [3.63, 3.8) is 0 Å². The van der Waals surface area contributed by atoms with Crippen LogP contribution in [0.15, 0.2) is 0 Å². The van der Waals surface area contributed by atoms with Crippen molar-refractivity contribution in [3.05, 3.63) is 0 Å². The maximum absolute atomic E-state index is 8.76. The molecule has 0 bridgehead atoms. The van der Waals surface area contributed by atoms with Gasteiger partial charge in [-0.3, -0.25) is 0 Å². The van der Waals surface area contributed by atoms with Crippen molar-refractivity contribution in [1.29, 1.82) is 0 Å². The average Bonchev–Trinajstić information content (AvgIpc) is 1.90. The van der Waals surface area contributed by atoms with E-state index < -0.39 is 0 Å². The first-order valence-electron chi connectivity index (χ1n) is 3.62. The van der Waals surface area contributed by atoms with E-state index in [0.717, 1.165) is 13.1 Å². The first kappa shape index (κ1) is 7.10. The van der Waals surface area contributed by atoms with Crippen LogP contribution in [0.25, 0.3) is 0 Å². The SMILES string of the molecule is BN1CCC(CO)CC1. The number of piperidine rings is 1. The standard InChI is InChI=1S/C6H14BNO/c7-8-3-1-6(5-9)2-4-8/h6,9H,1-5,7H2. The van der Waals surface area contributed by atoms with Gasteiger partial charge in [-0.2, -0.15) is 0 Å². The van der Waals surface area contributed by atoms with Gasteiger partial charge in [0, 0.05) is 6.61 Å². The van der Waals surface area contributed by atoms with Crippen LogP contribution in [0.1, 0.15) is 12.8 Å². The van der Waals surface area contributed by atoms with E-state index in [9.17, 15) is 0 Å². The van der Waals surface area contributed by atoms with Crippen molar-refractivity contribution in [2.24, 2.45) is 5.92 Å². The molecule has 0 aromatic heterocycles. The van der Waals surface area contributed by atoms with Crippen LogP contribution in [-0.2, 0) is 0 Å². The molecule has 52 valence electrons. The molecule has 1 fully saturated rings. The highest BCUT2D eigenvalue weighted by Gasteiger charge is 2.14. The maximum Gasteiger partial charge on any atom is 0.185 e. The van der Waals surface area contributed by atoms with Gasteiger partial charge in [0.1, 0.15) is 0 Å². The smallest absolute Gasteiger partial charge is 0.185 e. The van der Waals surface area contributed by atoms with Crippen LogP contribution in [0.4, 0.5) is 0 Å². The van der Waals surface area contributed by atoms with Crippen LogP contribution in [-0.4, -0.2) is 37.6 Å². The summed E-state index contributed by atoms with van der Waals surface area (Å²) in [5.41, 5.74) is 0. The Bertz CT molecular complexity index is 81.1. The topological polar surface area (TPSA) is 23.5 Å². The first-order chi connectivity index (χ1) is 4.33. The molecule has 1 N–H and O–H groups in total. The van der Waals surface area contributed by atoms with E-state index in [4.69, 9.17) is 5.11 Å². The molecule has 0 atom stereocenters. The van der Waals surface area contributed by atoms with E-state index in [0.29, 0.717) is 12.5 Å². The number of rotatable bonds is 1. The monoisotopic (exact) mass is 127 g/mol. The summed E-state index contributed by atoms with van der Waals surface area (Å²) in [4.78, 5) is 2.31. The molecule has 0 aromatic rings. The molecule has 0 spiro atoms. The van der Waals surface area contributed by atoms with E-state index in [2.05, 4.69) is 12.8 Å². The molecule has 1 saturated heterocycles. The lowest BCUT2D eigenvalue weighted by molar-refractivity contribution is 0.171. The predicted molar refractivity (Wildman–Crippen MR) is 39.9 cm³/mol. The van der Waals surface area contributed by atoms with E-state index in [1.807, 2.05) is 0 Å². The van der Waals surface area contributed by atoms with Crippen molar-refractivity contribution >= 4 is 7.98 Å². The Morgan fingerprint density at radius 1 is 1.44 bits per heavy atom. The number of nitrogens with zero attached hydrogens (tertiary/aromatic N) is 1. The van der Waals surface area contributed by atoms with Gasteiger partial charge in [0.2, 0.25) is 0 Å². The second-order valence-corrected chi connectivity index (χ2v) is 2.93. The fourth-order valence-corrected chi connectivity index (χ4v) is 1.24. The van der Waals surface area contributed by atoms with Crippen LogP contribution >= 0.6 is 0 Å². The summed E-state index contributed by atoms with van der Waals surface area (Å²) in [6, 6.07) is 0. The van der Waals surface area contributed by atoms with E-state index in [1.165, 1.54) is 12.8 Å².